The molecule has 0 aliphatic rings. The van der Waals surface area contributed by atoms with Gasteiger partial charge in [-0.2, -0.15) is 0 Å². The zero-order valence-electron chi connectivity index (χ0n) is 11.0. The van der Waals surface area contributed by atoms with Gasteiger partial charge in [0.2, 0.25) is 0 Å². The maximum atomic E-state index is 6.17. The molecule has 106 valence electrons. The zero-order valence-corrected chi connectivity index (χ0v) is 13.3. The molecule has 0 saturated heterocycles. The van der Waals surface area contributed by atoms with E-state index in [-0.39, 0.29) is 6.04 Å². The molecule has 2 rings (SSSR count). The maximum absolute atomic E-state index is 6.17. The summed E-state index contributed by atoms with van der Waals surface area (Å²) < 4.78 is 0. The molecule has 1 aromatic heterocycles. The smallest absolute Gasteiger partial charge is 0.0622 e. The van der Waals surface area contributed by atoms with Crippen LogP contribution in [0.3, 0.4) is 0 Å². The van der Waals surface area contributed by atoms with Crippen LogP contribution in [0.4, 0.5) is 0 Å². The third-order valence-electron chi connectivity index (χ3n) is 3.08. The first-order valence-corrected chi connectivity index (χ1v) is 7.52. The highest BCUT2D eigenvalue weighted by Crippen LogP contribution is 2.28. The molecule has 2 aromatic rings. The summed E-state index contributed by atoms with van der Waals surface area (Å²) in [7, 11) is 0. The fraction of sp³-hybridized carbons (Fsp3) is 0.267. The molecule has 2 nitrogen and oxygen atoms in total. The van der Waals surface area contributed by atoms with Crippen LogP contribution >= 0.6 is 34.8 Å². The second-order valence-electron chi connectivity index (χ2n) is 4.46. The monoisotopic (exact) mass is 328 g/mol. The normalized spacial score (nSPS) is 12.4. The number of likely N-dealkylation sites (N-methyl/N-ethyl adjacent to an activating group) is 1. The molecule has 0 amide bonds. The first-order chi connectivity index (χ1) is 9.61. The molecule has 0 aliphatic carbocycles. The number of rotatable bonds is 5. The van der Waals surface area contributed by atoms with Crippen LogP contribution in [-0.4, -0.2) is 11.5 Å². The highest BCUT2D eigenvalue weighted by molar-refractivity contribution is 6.42. The van der Waals surface area contributed by atoms with Crippen molar-refractivity contribution in [2.75, 3.05) is 6.54 Å². The van der Waals surface area contributed by atoms with E-state index in [1.165, 1.54) is 0 Å². The first kappa shape index (κ1) is 15.6. The van der Waals surface area contributed by atoms with Crippen molar-refractivity contribution in [3.05, 3.63) is 62.9 Å². The van der Waals surface area contributed by atoms with Gasteiger partial charge in [0.15, 0.2) is 0 Å². The standard InChI is InChI=1S/C15H15Cl3N2/c1-2-20-15(8-10-5-6-19-9-14(10)18)11-3-4-12(16)13(17)7-11/h3-7,9,15,20H,2,8H2,1H3. The van der Waals surface area contributed by atoms with Crippen LogP contribution < -0.4 is 5.32 Å². The van der Waals surface area contributed by atoms with Gasteiger partial charge in [0.25, 0.3) is 0 Å². The largest absolute Gasteiger partial charge is 0.310 e. The van der Waals surface area contributed by atoms with E-state index in [0.717, 1.165) is 24.1 Å². The molecule has 0 saturated carbocycles. The minimum atomic E-state index is 0.134. The highest BCUT2D eigenvalue weighted by Gasteiger charge is 2.14. The molecule has 1 atom stereocenters. The fourth-order valence-corrected chi connectivity index (χ4v) is 2.58. The van der Waals surface area contributed by atoms with Gasteiger partial charge in [0.05, 0.1) is 15.1 Å². The van der Waals surface area contributed by atoms with Crippen LogP contribution in [0.5, 0.6) is 0 Å². The summed E-state index contributed by atoms with van der Waals surface area (Å²) in [6, 6.07) is 7.76. The molecule has 0 spiro atoms. The fourth-order valence-electron chi connectivity index (χ4n) is 2.07. The van der Waals surface area contributed by atoms with Crippen molar-refractivity contribution in [1.29, 1.82) is 0 Å². The topological polar surface area (TPSA) is 24.9 Å². The minimum Gasteiger partial charge on any atom is -0.310 e. The summed E-state index contributed by atoms with van der Waals surface area (Å²) in [5.74, 6) is 0. The number of hydrogen-bond acceptors (Lipinski definition) is 2. The highest BCUT2D eigenvalue weighted by atomic mass is 35.5. The summed E-state index contributed by atoms with van der Waals surface area (Å²) >= 11 is 18.2. The van der Waals surface area contributed by atoms with Gasteiger partial charge in [-0.25, -0.2) is 0 Å². The average molecular weight is 330 g/mol. The zero-order chi connectivity index (χ0) is 14.5. The van der Waals surface area contributed by atoms with Crippen molar-refractivity contribution < 1.29 is 0 Å². The van der Waals surface area contributed by atoms with Crippen LogP contribution in [0, 0.1) is 0 Å². The van der Waals surface area contributed by atoms with Crippen molar-refractivity contribution >= 4 is 34.8 Å². The number of hydrogen-bond donors (Lipinski definition) is 1. The molecule has 0 aliphatic heterocycles. The van der Waals surface area contributed by atoms with E-state index in [9.17, 15) is 0 Å². The Hall–Kier alpha value is -0.800. The summed E-state index contributed by atoms with van der Waals surface area (Å²) in [6.07, 6.45) is 4.18. The van der Waals surface area contributed by atoms with Gasteiger partial charge in [0.1, 0.15) is 0 Å². The van der Waals surface area contributed by atoms with Gasteiger partial charge >= 0.3 is 0 Å². The van der Waals surface area contributed by atoms with Crippen molar-refractivity contribution in [3.63, 3.8) is 0 Å². The Morgan fingerprint density at radius 3 is 2.55 bits per heavy atom. The Balaban J connectivity index is 2.27. The SMILES string of the molecule is CCNC(Cc1ccncc1Cl)c1ccc(Cl)c(Cl)c1. The lowest BCUT2D eigenvalue weighted by atomic mass is 9.99. The number of nitrogens with zero attached hydrogens (tertiary/aromatic N) is 1. The quantitative estimate of drug-likeness (QED) is 0.841. The molecular formula is C15H15Cl3N2. The van der Waals surface area contributed by atoms with Crippen LogP contribution in [0.15, 0.2) is 36.7 Å². The van der Waals surface area contributed by atoms with Crippen molar-refractivity contribution in [2.24, 2.45) is 0 Å². The van der Waals surface area contributed by atoms with Gasteiger partial charge in [-0.15, -0.1) is 0 Å². The third-order valence-corrected chi connectivity index (χ3v) is 4.16. The number of halogens is 3. The number of aromatic nitrogens is 1. The van der Waals surface area contributed by atoms with E-state index >= 15 is 0 Å². The van der Waals surface area contributed by atoms with Crippen LogP contribution in [-0.2, 0) is 6.42 Å². The number of nitrogens with one attached hydrogen (secondary N) is 1. The van der Waals surface area contributed by atoms with E-state index in [1.807, 2.05) is 24.3 Å². The molecule has 1 aromatic carbocycles. The Labute approximate surface area is 134 Å². The first-order valence-electron chi connectivity index (χ1n) is 6.38. The van der Waals surface area contributed by atoms with Gasteiger partial charge in [-0.05, 0) is 42.3 Å². The lowest BCUT2D eigenvalue weighted by Crippen LogP contribution is -2.23. The summed E-state index contributed by atoms with van der Waals surface area (Å²) in [6.45, 7) is 2.92. The predicted octanol–water partition coefficient (Wildman–Crippen LogP) is 4.94. The number of benzene rings is 1. The molecule has 1 N–H and O–H groups in total. The van der Waals surface area contributed by atoms with Crippen LogP contribution in [0.2, 0.25) is 15.1 Å². The summed E-state index contributed by atoms with van der Waals surface area (Å²) in [5.41, 5.74) is 2.15. The predicted molar refractivity (Wildman–Crippen MR) is 85.8 cm³/mol. The summed E-state index contributed by atoms with van der Waals surface area (Å²) in [5, 5.41) is 5.24. The Morgan fingerprint density at radius 1 is 1.10 bits per heavy atom. The molecule has 20 heavy (non-hydrogen) atoms. The molecule has 1 heterocycles. The van der Waals surface area contributed by atoms with Gasteiger partial charge in [0, 0.05) is 18.4 Å². The molecule has 0 bridgehead atoms. The van der Waals surface area contributed by atoms with E-state index in [0.29, 0.717) is 15.1 Å². The lowest BCUT2D eigenvalue weighted by Gasteiger charge is -2.19. The molecule has 5 heteroatoms. The lowest BCUT2D eigenvalue weighted by molar-refractivity contribution is 0.550. The number of pyridine rings is 1. The van der Waals surface area contributed by atoms with E-state index in [1.54, 1.807) is 12.4 Å². The van der Waals surface area contributed by atoms with Gasteiger partial charge < -0.3 is 5.32 Å². The Kier molecular flexibility index (Phi) is 5.67. The van der Waals surface area contributed by atoms with Gasteiger partial charge in [-0.3, -0.25) is 4.98 Å². The molecule has 0 fully saturated rings. The van der Waals surface area contributed by atoms with Crippen molar-refractivity contribution in [2.45, 2.75) is 19.4 Å². The van der Waals surface area contributed by atoms with Crippen LogP contribution in [0.1, 0.15) is 24.1 Å². The second-order valence-corrected chi connectivity index (χ2v) is 5.68. The average Bonchev–Trinajstić information content (AvgIpc) is 2.44. The minimum absolute atomic E-state index is 0.134. The van der Waals surface area contributed by atoms with E-state index < -0.39 is 0 Å². The third kappa shape index (κ3) is 3.86. The van der Waals surface area contributed by atoms with Gasteiger partial charge in [-0.1, -0.05) is 47.8 Å². The van der Waals surface area contributed by atoms with Crippen LogP contribution in [0.25, 0.3) is 0 Å². The molecule has 0 radical (unpaired) electrons. The Morgan fingerprint density at radius 2 is 1.90 bits per heavy atom. The summed E-state index contributed by atoms with van der Waals surface area (Å²) in [4.78, 5) is 4.01. The van der Waals surface area contributed by atoms with Crippen molar-refractivity contribution in [3.8, 4) is 0 Å². The maximum Gasteiger partial charge on any atom is 0.0622 e. The molecule has 1 unspecified atom stereocenters. The Bertz CT molecular complexity index is 587. The van der Waals surface area contributed by atoms with E-state index in [2.05, 4.69) is 17.2 Å². The van der Waals surface area contributed by atoms with E-state index in [4.69, 9.17) is 34.8 Å². The van der Waals surface area contributed by atoms with Crippen molar-refractivity contribution in [1.82, 2.24) is 10.3 Å². The second kappa shape index (κ2) is 7.28. The molecular weight excluding hydrogens is 315 g/mol.